The number of hydrogen-bond donors (Lipinski definition) is 3. The van der Waals surface area contributed by atoms with Gasteiger partial charge in [-0.2, -0.15) is 0 Å². The van der Waals surface area contributed by atoms with E-state index in [1.54, 1.807) is 30.3 Å². The van der Waals surface area contributed by atoms with Crippen LogP contribution in [0.25, 0.3) is 0 Å². The first kappa shape index (κ1) is 21.4. The maximum Gasteiger partial charge on any atom is 0.329 e. The van der Waals surface area contributed by atoms with E-state index in [9.17, 15) is 14.7 Å². The third-order valence-electron chi connectivity index (χ3n) is 7.16. The van der Waals surface area contributed by atoms with E-state index in [1.807, 2.05) is 26.0 Å². The topological polar surface area (TPSA) is 81.7 Å². The summed E-state index contributed by atoms with van der Waals surface area (Å²) in [6, 6.07) is 11.8. The molecule has 31 heavy (non-hydrogen) atoms. The molecule has 6 heteroatoms. The van der Waals surface area contributed by atoms with Crippen LogP contribution in [0.4, 0.5) is 16.2 Å². The fourth-order valence-corrected chi connectivity index (χ4v) is 4.78. The number of fused-ring (bicyclic) bond motifs is 1. The van der Waals surface area contributed by atoms with Gasteiger partial charge >= 0.3 is 6.03 Å². The van der Waals surface area contributed by atoms with Crippen LogP contribution in [0.15, 0.2) is 42.5 Å². The van der Waals surface area contributed by atoms with Gasteiger partial charge in [0.05, 0.1) is 5.69 Å². The lowest BCUT2D eigenvalue weighted by Gasteiger charge is -2.44. The van der Waals surface area contributed by atoms with Crippen molar-refractivity contribution in [3.63, 3.8) is 0 Å². The summed E-state index contributed by atoms with van der Waals surface area (Å²) in [6.07, 6.45) is 3.04. The molecule has 0 bridgehead atoms. The van der Waals surface area contributed by atoms with Gasteiger partial charge in [-0.1, -0.05) is 51.0 Å². The van der Waals surface area contributed by atoms with E-state index in [4.69, 9.17) is 0 Å². The number of urea groups is 1. The lowest BCUT2D eigenvalue weighted by atomic mass is 9.78. The van der Waals surface area contributed by atoms with Crippen LogP contribution >= 0.6 is 0 Å². The molecule has 6 nitrogen and oxygen atoms in total. The van der Waals surface area contributed by atoms with Gasteiger partial charge in [0, 0.05) is 17.3 Å². The van der Waals surface area contributed by atoms with E-state index in [1.165, 1.54) is 4.90 Å². The second-order valence-corrected chi connectivity index (χ2v) is 9.10. The van der Waals surface area contributed by atoms with Crippen LogP contribution in [0.2, 0.25) is 0 Å². The smallest absolute Gasteiger partial charge is 0.329 e. The molecule has 1 aliphatic carbocycles. The molecule has 2 aromatic carbocycles. The molecule has 164 valence electrons. The lowest BCUT2D eigenvalue weighted by molar-refractivity contribution is -0.141. The highest BCUT2D eigenvalue weighted by Gasteiger charge is 2.52. The van der Waals surface area contributed by atoms with Crippen LogP contribution in [-0.2, 0) is 10.5 Å². The number of carbonyl (C=O) groups is 2. The molecule has 0 spiro atoms. The summed E-state index contributed by atoms with van der Waals surface area (Å²) in [5.74, 6) is 0.217. The van der Waals surface area contributed by atoms with Crippen molar-refractivity contribution in [1.29, 1.82) is 0 Å². The number of anilines is 2. The van der Waals surface area contributed by atoms with Gasteiger partial charge < -0.3 is 15.7 Å². The molecule has 2 aromatic rings. The number of para-hydroxylation sites is 1. The summed E-state index contributed by atoms with van der Waals surface area (Å²) >= 11 is 0. The predicted octanol–water partition coefficient (Wildman–Crippen LogP) is 4.44. The first-order valence-electron chi connectivity index (χ1n) is 11.0. The van der Waals surface area contributed by atoms with E-state index < -0.39 is 17.7 Å². The van der Waals surface area contributed by atoms with Gasteiger partial charge in [0.1, 0.15) is 0 Å². The average Bonchev–Trinajstić information content (AvgIpc) is 2.74. The van der Waals surface area contributed by atoms with Crippen molar-refractivity contribution in [2.75, 3.05) is 10.2 Å². The van der Waals surface area contributed by atoms with Gasteiger partial charge in [0.15, 0.2) is 0 Å². The molecular formula is C25H31N3O3. The summed E-state index contributed by atoms with van der Waals surface area (Å²) in [7, 11) is 0. The van der Waals surface area contributed by atoms with Gasteiger partial charge in [-0.15, -0.1) is 0 Å². The molecule has 0 aromatic heterocycles. The Morgan fingerprint density at radius 3 is 2.61 bits per heavy atom. The highest BCUT2D eigenvalue weighted by atomic mass is 16.3. The van der Waals surface area contributed by atoms with Crippen molar-refractivity contribution >= 4 is 23.3 Å². The minimum Gasteiger partial charge on any atom is -0.359 e. The van der Waals surface area contributed by atoms with Gasteiger partial charge in [-0.25, -0.2) is 4.79 Å². The summed E-state index contributed by atoms with van der Waals surface area (Å²) in [5.41, 5.74) is 1.16. The normalized spacial score (nSPS) is 28.0. The quantitative estimate of drug-likeness (QED) is 0.685. The Bertz CT molecular complexity index is 1020. The monoisotopic (exact) mass is 421 g/mol. The molecule has 4 rings (SSSR count). The van der Waals surface area contributed by atoms with Gasteiger partial charge in [-0.05, 0) is 61.4 Å². The molecule has 1 fully saturated rings. The van der Waals surface area contributed by atoms with E-state index >= 15 is 0 Å². The summed E-state index contributed by atoms with van der Waals surface area (Å²) in [6.45, 7) is 8.26. The lowest BCUT2D eigenvalue weighted by Crippen LogP contribution is -2.64. The zero-order valence-electron chi connectivity index (χ0n) is 18.6. The van der Waals surface area contributed by atoms with Gasteiger partial charge in [0.25, 0.3) is 11.6 Å². The number of aliphatic hydroxyl groups is 1. The summed E-state index contributed by atoms with van der Waals surface area (Å²) in [5, 5.41) is 17.9. The van der Waals surface area contributed by atoms with Gasteiger partial charge in [0.2, 0.25) is 0 Å². The summed E-state index contributed by atoms with van der Waals surface area (Å²) < 4.78 is 0. The van der Waals surface area contributed by atoms with Crippen LogP contribution < -0.4 is 15.5 Å². The number of carbonyl (C=O) groups excluding carboxylic acids is 2. The Morgan fingerprint density at radius 1 is 1.13 bits per heavy atom. The van der Waals surface area contributed by atoms with E-state index in [0.29, 0.717) is 28.8 Å². The molecule has 2 aliphatic rings. The number of nitrogens with one attached hydrogen (secondary N) is 2. The number of rotatable bonds is 3. The van der Waals surface area contributed by atoms with Crippen LogP contribution in [0, 0.1) is 25.7 Å². The van der Waals surface area contributed by atoms with E-state index in [0.717, 1.165) is 30.4 Å². The SMILES string of the molecule is Cc1ccc(N2C(=O)Nc3ccccc3[C@]2(O)C(=O)N[C@H]2CCC[C@H](C)[C@@H]2C)cc1C. The molecule has 3 amide bonds. The number of amides is 3. The molecule has 4 atom stereocenters. The first-order chi connectivity index (χ1) is 14.7. The van der Waals surface area contributed by atoms with E-state index in [2.05, 4.69) is 24.5 Å². The van der Waals surface area contributed by atoms with Crippen LogP contribution in [-0.4, -0.2) is 23.1 Å². The largest absolute Gasteiger partial charge is 0.359 e. The highest BCUT2D eigenvalue weighted by molar-refractivity contribution is 6.11. The van der Waals surface area contributed by atoms with Crippen LogP contribution in [0.5, 0.6) is 0 Å². The molecule has 3 N–H and O–H groups in total. The van der Waals surface area contributed by atoms with Crippen LogP contribution in [0.1, 0.15) is 49.8 Å². The van der Waals surface area contributed by atoms with Crippen molar-refractivity contribution < 1.29 is 14.7 Å². The second-order valence-electron chi connectivity index (χ2n) is 9.10. The number of aryl methyl sites for hydroxylation is 2. The molecule has 0 saturated heterocycles. The highest BCUT2D eigenvalue weighted by Crippen LogP contribution is 2.41. The zero-order chi connectivity index (χ0) is 22.3. The Morgan fingerprint density at radius 2 is 1.87 bits per heavy atom. The van der Waals surface area contributed by atoms with Crippen LogP contribution in [0.3, 0.4) is 0 Å². The number of hydrogen-bond acceptors (Lipinski definition) is 3. The van der Waals surface area contributed by atoms with Crippen molar-refractivity contribution in [2.45, 2.75) is 58.7 Å². The molecule has 0 unspecified atom stereocenters. The van der Waals surface area contributed by atoms with Crippen molar-refractivity contribution in [3.05, 3.63) is 59.2 Å². The minimum absolute atomic E-state index is 0.0426. The molecular weight excluding hydrogens is 390 g/mol. The number of nitrogens with zero attached hydrogens (tertiary/aromatic N) is 1. The van der Waals surface area contributed by atoms with Gasteiger partial charge in [-0.3, -0.25) is 9.69 Å². The Labute approximate surface area is 183 Å². The summed E-state index contributed by atoms with van der Waals surface area (Å²) in [4.78, 5) is 28.0. The average molecular weight is 422 g/mol. The zero-order valence-corrected chi connectivity index (χ0v) is 18.6. The Hall–Kier alpha value is -2.86. The maximum atomic E-state index is 13.7. The van der Waals surface area contributed by atoms with E-state index in [-0.39, 0.29) is 6.04 Å². The molecule has 1 heterocycles. The molecule has 1 aliphatic heterocycles. The standard InChI is InChI=1S/C25H31N3O3/c1-15-12-13-19(14-17(15)3)28-24(30)27-22-10-6-5-9-20(22)25(28,31)23(29)26-21-11-7-8-16(2)18(21)4/h5-6,9-10,12-14,16,18,21,31H,7-8,11H2,1-4H3,(H,26,29)(H,27,30)/t16-,18-,21-,25-/m0/s1. The minimum atomic E-state index is -2.15. The fourth-order valence-electron chi connectivity index (χ4n) is 4.78. The predicted molar refractivity (Wildman–Crippen MR) is 122 cm³/mol. The molecule has 0 radical (unpaired) electrons. The van der Waals surface area contributed by atoms with Crippen molar-refractivity contribution in [2.24, 2.45) is 11.8 Å². The number of benzene rings is 2. The second kappa shape index (κ2) is 8.00. The Balaban J connectivity index is 1.79. The maximum absolute atomic E-state index is 13.7. The Kier molecular flexibility index (Phi) is 5.52. The third-order valence-corrected chi connectivity index (χ3v) is 7.16. The van der Waals surface area contributed by atoms with Crippen molar-refractivity contribution in [1.82, 2.24) is 5.32 Å². The fraction of sp³-hybridized carbons (Fsp3) is 0.440. The molecule has 1 saturated carbocycles. The third kappa shape index (κ3) is 3.59. The first-order valence-corrected chi connectivity index (χ1v) is 11.0. The van der Waals surface area contributed by atoms with Crippen molar-refractivity contribution in [3.8, 4) is 0 Å².